The summed E-state index contributed by atoms with van der Waals surface area (Å²) in [6.45, 7) is 6.12. The summed E-state index contributed by atoms with van der Waals surface area (Å²) >= 11 is 0. The Labute approximate surface area is 157 Å². The highest BCUT2D eigenvalue weighted by atomic mass is 32.3. The van der Waals surface area contributed by atoms with Gasteiger partial charge in [-0.15, -0.1) is 0 Å². The van der Waals surface area contributed by atoms with Gasteiger partial charge in [-0.1, -0.05) is 52.4 Å². The molecule has 0 unspecified atom stereocenters. The van der Waals surface area contributed by atoms with Crippen molar-refractivity contribution in [1.29, 1.82) is 0 Å². The Balaban J connectivity index is 2.92. The van der Waals surface area contributed by atoms with Crippen LogP contribution >= 0.6 is 0 Å². The zero-order chi connectivity index (χ0) is 19.6. The van der Waals surface area contributed by atoms with E-state index < -0.39 is 10.4 Å². The first-order valence-electron chi connectivity index (χ1n) is 9.31. The van der Waals surface area contributed by atoms with Crippen molar-refractivity contribution in [1.82, 2.24) is 0 Å². The Kier molecular flexibility index (Phi) is 9.50. The second kappa shape index (κ2) is 11.1. The van der Waals surface area contributed by atoms with E-state index in [1.807, 2.05) is 0 Å². The molecule has 0 aliphatic heterocycles. The molecule has 0 amide bonds. The second-order valence-electron chi connectivity index (χ2n) is 6.47. The Morgan fingerprint density at radius 2 is 1.42 bits per heavy atom. The van der Waals surface area contributed by atoms with Crippen molar-refractivity contribution in [2.75, 3.05) is 29.5 Å². The first kappa shape index (κ1) is 22.3. The number of anilines is 3. The number of nitrogens with zero attached hydrogens (tertiary/aromatic N) is 2. The van der Waals surface area contributed by atoms with Crippen LogP contribution in [0.3, 0.4) is 0 Å². The minimum Gasteiger partial charge on any atom is -0.371 e. The average Bonchev–Trinajstić information content (AvgIpc) is 2.55. The standard InChI is InChI=1S/C17H32N4O4S/c1-3-5-7-9-11-20(12-10-8-6-4-2)15-13-16(18)21(17(19)14-15)25-26(22,23)24/h13-14H,3-12H2,1-2H3,(H4,18,19,22,23,24)/p+1. The maximum atomic E-state index is 10.9. The van der Waals surface area contributed by atoms with Crippen molar-refractivity contribution in [3.63, 3.8) is 0 Å². The number of rotatable bonds is 13. The van der Waals surface area contributed by atoms with Gasteiger partial charge in [0.25, 0.3) is 11.6 Å². The fourth-order valence-electron chi connectivity index (χ4n) is 2.80. The first-order chi connectivity index (χ1) is 12.3. The van der Waals surface area contributed by atoms with E-state index in [0.29, 0.717) is 4.73 Å². The Hall–Kier alpha value is -1.74. The fraction of sp³-hybridized carbons (Fsp3) is 0.706. The summed E-state index contributed by atoms with van der Waals surface area (Å²) in [6, 6.07) is 3.22. The lowest BCUT2D eigenvalue weighted by Crippen LogP contribution is -2.50. The van der Waals surface area contributed by atoms with Crippen LogP contribution in [0.5, 0.6) is 0 Å². The molecule has 0 spiro atoms. The van der Waals surface area contributed by atoms with Crippen molar-refractivity contribution >= 4 is 27.7 Å². The molecule has 26 heavy (non-hydrogen) atoms. The van der Waals surface area contributed by atoms with Gasteiger partial charge in [0.1, 0.15) is 0 Å². The summed E-state index contributed by atoms with van der Waals surface area (Å²) in [7, 11) is -4.71. The van der Waals surface area contributed by atoms with E-state index in [1.54, 1.807) is 12.1 Å². The lowest BCUT2D eigenvalue weighted by molar-refractivity contribution is -0.833. The maximum absolute atomic E-state index is 10.9. The van der Waals surface area contributed by atoms with Crippen LogP contribution < -0.4 is 25.4 Å². The molecule has 0 fully saturated rings. The number of pyridine rings is 1. The highest BCUT2D eigenvalue weighted by Gasteiger charge is 2.20. The van der Waals surface area contributed by atoms with E-state index >= 15 is 0 Å². The molecule has 8 nitrogen and oxygen atoms in total. The molecule has 1 aromatic heterocycles. The van der Waals surface area contributed by atoms with Gasteiger partial charge < -0.3 is 16.4 Å². The lowest BCUT2D eigenvalue weighted by Gasteiger charge is -2.25. The smallest absolute Gasteiger partial charge is 0.371 e. The van der Waals surface area contributed by atoms with Crippen LogP contribution in [-0.4, -0.2) is 26.1 Å². The van der Waals surface area contributed by atoms with Crippen LogP contribution in [0.15, 0.2) is 12.1 Å². The molecule has 0 bridgehead atoms. The van der Waals surface area contributed by atoms with Gasteiger partial charge in [-0.05, 0) is 17.6 Å². The van der Waals surface area contributed by atoms with Crippen molar-refractivity contribution in [3.05, 3.63) is 12.1 Å². The maximum Gasteiger partial charge on any atom is 0.476 e. The van der Waals surface area contributed by atoms with E-state index in [0.717, 1.165) is 44.5 Å². The number of aromatic nitrogens is 1. The zero-order valence-electron chi connectivity index (χ0n) is 15.9. The third-order valence-electron chi connectivity index (χ3n) is 4.16. The van der Waals surface area contributed by atoms with E-state index in [2.05, 4.69) is 23.0 Å². The molecule has 0 aliphatic carbocycles. The predicted molar refractivity (Wildman–Crippen MR) is 104 cm³/mol. The van der Waals surface area contributed by atoms with Crippen LogP contribution in [0.2, 0.25) is 0 Å². The highest BCUT2D eigenvalue weighted by Crippen LogP contribution is 2.20. The third kappa shape index (κ3) is 8.09. The van der Waals surface area contributed by atoms with Crippen LogP contribution in [0.4, 0.5) is 17.3 Å². The second-order valence-corrected chi connectivity index (χ2v) is 7.47. The molecule has 150 valence electrons. The predicted octanol–water partition coefficient (Wildman–Crippen LogP) is 2.34. The number of unbranched alkanes of at least 4 members (excludes halogenated alkanes) is 6. The summed E-state index contributed by atoms with van der Waals surface area (Å²) in [5.74, 6) is 0.00878. The Bertz CT molecular complexity index is 617. The van der Waals surface area contributed by atoms with Crippen LogP contribution in [0.25, 0.3) is 0 Å². The van der Waals surface area contributed by atoms with Gasteiger partial charge in [0.2, 0.25) is 0 Å². The third-order valence-corrected chi connectivity index (χ3v) is 4.50. The molecular weight excluding hydrogens is 356 g/mol. The first-order valence-corrected chi connectivity index (χ1v) is 10.7. The van der Waals surface area contributed by atoms with Gasteiger partial charge in [-0.3, -0.25) is 4.55 Å². The monoisotopic (exact) mass is 389 g/mol. The van der Waals surface area contributed by atoms with E-state index in [4.69, 9.17) is 16.0 Å². The summed E-state index contributed by atoms with van der Waals surface area (Å²) in [4.78, 5) is 2.22. The molecular formula is C17H33N4O4S+. The lowest BCUT2D eigenvalue weighted by atomic mass is 10.1. The quantitative estimate of drug-likeness (QED) is 0.269. The minimum absolute atomic E-state index is 0.00439. The largest absolute Gasteiger partial charge is 0.476 e. The molecule has 0 aromatic carbocycles. The van der Waals surface area contributed by atoms with Crippen molar-refractivity contribution in [2.24, 2.45) is 0 Å². The summed E-state index contributed by atoms with van der Waals surface area (Å²) in [5.41, 5.74) is 12.6. The number of hydrogen-bond acceptors (Lipinski definition) is 6. The van der Waals surface area contributed by atoms with Gasteiger partial charge in [0, 0.05) is 25.2 Å². The topological polar surface area (TPSA) is 123 Å². The molecule has 0 saturated carbocycles. The molecule has 9 heteroatoms. The van der Waals surface area contributed by atoms with E-state index in [-0.39, 0.29) is 11.6 Å². The SMILES string of the molecule is CCCCCCN(CCCCCC)c1cc(N)[n+](OS(=O)(=O)O)c(N)c1. The van der Waals surface area contributed by atoms with E-state index in [9.17, 15) is 8.42 Å². The zero-order valence-corrected chi connectivity index (χ0v) is 16.7. The van der Waals surface area contributed by atoms with Crippen LogP contribution in [0, 0.1) is 0 Å². The van der Waals surface area contributed by atoms with Gasteiger partial charge in [0.05, 0.1) is 5.69 Å². The summed E-state index contributed by atoms with van der Waals surface area (Å²) in [5, 5.41) is 0. The molecule has 1 heterocycles. The van der Waals surface area contributed by atoms with Crippen LogP contribution in [0.1, 0.15) is 65.2 Å². The molecule has 1 rings (SSSR count). The fourth-order valence-corrected chi connectivity index (χ4v) is 3.16. The molecule has 0 radical (unpaired) electrons. The number of nitrogens with two attached hydrogens (primary N) is 2. The van der Waals surface area contributed by atoms with Gasteiger partial charge in [-0.2, -0.15) is 8.42 Å². The Morgan fingerprint density at radius 3 is 1.81 bits per heavy atom. The molecule has 0 atom stereocenters. The van der Waals surface area contributed by atoms with Gasteiger partial charge >= 0.3 is 10.4 Å². The van der Waals surface area contributed by atoms with Gasteiger partial charge in [-0.25, -0.2) is 4.28 Å². The van der Waals surface area contributed by atoms with Crippen molar-refractivity contribution in [2.45, 2.75) is 65.2 Å². The van der Waals surface area contributed by atoms with Crippen molar-refractivity contribution < 1.29 is 22.0 Å². The average molecular weight is 390 g/mol. The summed E-state index contributed by atoms with van der Waals surface area (Å²) in [6.07, 6.45) is 9.20. The van der Waals surface area contributed by atoms with E-state index in [1.165, 1.54) is 25.7 Å². The van der Waals surface area contributed by atoms with Gasteiger partial charge in [0.15, 0.2) is 0 Å². The summed E-state index contributed by atoms with van der Waals surface area (Å²) < 4.78 is 35.8. The number of nitrogen functional groups attached to an aromatic ring is 2. The normalized spacial score (nSPS) is 11.5. The Morgan fingerprint density at radius 1 is 0.962 bits per heavy atom. The minimum atomic E-state index is -4.71. The highest BCUT2D eigenvalue weighted by molar-refractivity contribution is 7.80. The molecule has 0 aliphatic rings. The van der Waals surface area contributed by atoms with Crippen LogP contribution in [-0.2, 0) is 10.4 Å². The molecule has 5 N–H and O–H groups in total. The number of hydrogen-bond donors (Lipinski definition) is 3. The van der Waals surface area contributed by atoms with Crippen molar-refractivity contribution in [3.8, 4) is 0 Å². The molecule has 1 aromatic rings. The molecule has 0 saturated heterocycles.